The standard InChI is InChI=1S/C13H20N2O3S/c1-4-18-13(17)10-6-5-7-14-12(10)15-9(2)11(8-16)19-3/h5-7,9,11,16H,4,8H2,1-3H3,(H,14,15)/t9-,11+/m1/s1. The van der Waals surface area contributed by atoms with Crippen molar-refractivity contribution in [1.29, 1.82) is 0 Å². The Hall–Kier alpha value is -1.27. The number of nitrogens with zero attached hydrogens (tertiary/aromatic N) is 1. The van der Waals surface area contributed by atoms with Gasteiger partial charge in [-0.25, -0.2) is 9.78 Å². The molecule has 106 valence electrons. The number of nitrogens with one attached hydrogen (secondary N) is 1. The Kier molecular flexibility index (Phi) is 6.66. The Morgan fingerprint density at radius 1 is 1.63 bits per heavy atom. The van der Waals surface area contributed by atoms with E-state index in [2.05, 4.69) is 10.3 Å². The number of carbonyl (C=O) groups is 1. The van der Waals surface area contributed by atoms with Crippen LogP contribution in [0, 0.1) is 0 Å². The van der Waals surface area contributed by atoms with Gasteiger partial charge in [0.2, 0.25) is 0 Å². The Morgan fingerprint density at radius 3 is 2.95 bits per heavy atom. The number of hydrogen-bond donors (Lipinski definition) is 2. The number of aromatic nitrogens is 1. The van der Waals surface area contributed by atoms with Crippen LogP contribution in [0.3, 0.4) is 0 Å². The molecule has 0 aromatic carbocycles. The van der Waals surface area contributed by atoms with Gasteiger partial charge in [0.15, 0.2) is 0 Å². The van der Waals surface area contributed by atoms with Gasteiger partial charge in [0.05, 0.1) is 13.2 Å². The van der Waals surface area contributed by atoms with Gasteiger partial charge in [0.1, 0.15) is 11.4 Å². The van der Waals surface area contributed by atoms with Crippen molar-refractivity contribution in [1.82, 2.24) is 4.98 Å². The summed E-state index contributed by atoms with van der Waals surface area (Å²) in [7, 11) is 0. The molecule has 19 heavy (non-hydrogen) atoms. The number of hydrogen-bond acceptors (Lipinski definition) is 6. The Bertz CT molecular complexity index is 411. The van der Waals surface area contributed by atoms with Crippen LogP contribution >= 0.6 is 11.8 Å². The average molecular weight is 284 g/mol. The van der Waals surface area contributed by atoms with Crippen LogP contribution < -0.4 is 5.32 Å². The Labute approximate surface area is 117 Å². The van der Waals surface area contributed by atoms with Crippen molar-refractivity contribution >= 4 is 23.5 Å². The van der Waals surface area contributed by atoms with Crippen molar-refractivity contribution in [3.05, 3.63) is 23.9 Å². The molecule has 1 aromatic rings. The van der Waals surface area contributed by atoms with Crippen LogP contribution in [-0.2, 0) is 4.74 Å². The van der Waals surface area contributed by atoms with Gasteiger partial charge in [-0.2, -0.15) is 11.8 Å². The first kappa shape index (κ1) is 15.8. The van der Waals surface area contributed by atoms with Gasteiger partial charge in [-0.3, -0.25) is 0 Å². The number of anilines is 1. The number of pyridine rings is 1. The zero-order chi connectivity index (χ0) is 14.3. The van der Waals surface area contributed by atoms with Gasteiger partial charge in [-0.15, -0.1) is 0 Å². The number of aliphatic hydroxyl groups is 1. The van der Waals surface area contributed by atoms with Crippen LogP contribution in [0.4, 0.5) is 5.82 Å². The molecular formula is C13H20N2O3S. The van der Waals surface area contributed by atoms with Crippen LogP contribution in [0.15, 0.2) is 18.3 Å². The molecular weight excluding hydrogens is 264 g/mol. The predicted molar refractivity (Wildman–Crippen MR) is 77.7 cm³/mol. The quantitative estimate of drug-likeness (QED) is 0.744. The summed E-state index contributed by atoms with van der Waals surface area (Å²) in [5.74, 6) is 0.0935. The molecule has 1 heterocycles. The molecule has 0 aliphatic rings. The summed E-state index contributed by atoms with van der Waals surface area (Å²) in [5, 5.41) is 12.5. The van der Waals surface area contributed by atoms with E-state index >= 15 is 0 Å². The molecule has 1 rings (SSSR count). The molecule has 2 atom stereocenters. The van der Waals surface area contributed by atoms with Crippen molar-refractivity contribution in [3.8, 4) is 0 Å². The van der Waals surface area contributed by atoms with Gasteiger partial charge < -0.3 is 15.2 Å². The van der Waals surface area contributed by atoms with E-state index in [-0.39, 0.29) is 17.9 Å². The topological polar surface area (TPSA) is 71.5 Å². The maximum Gasteiger partial charge on any atom is 0.341 e. The number of carbonyl (C=O) groups excluding carboxylic acids is 1. The van der Waals surface area contributed by atoms with Crippen LogP contribution in [0.2, 0.25) is 0 Å². The number of aliphatic hydroxyl groups excluding tert-OH is 1. The highest BCUT2D eigenvalue weighted by Crippen LogP contribution is 2.18. The van der Waals surface area contributed by atoms with Crippen LogP contribution in [-0.4, -0.2) is 46.8 Å². The number of esters is 1. The van der Waals surface area contributed by atoms with E-state index in [1.807, 2.05) is 13.2 Å². The molecule has 0 spiro atoms. The molecule has 0 saturated heterocycles. The molecule has 0 radical (unpaired) electrons. The van der Waals surface area contributed by atoms with Crippen molar-refractivity contribution in [2.24, 2.45) is 0 Å². The van der Waals surface area contributed by atoms with Gasteiger partial charge in [-0.05, 0) is 32.2 Å². The normalized spacial score (nSPS) is 13.7. The summed E-state index contributed by atoms with van der Waals surface area (Å²) in [5.41, 5.74) is 0.411. The largest absolute Gasteiger partial charge is 0.462 e. The lowest BCUT2D eigenvalue weighted by atomic mass is 10.2. The van der Waals surface area contributed by atoms with Crippen LogP contribution in [0.25, 0.3) is 0 Å². The minimum absolute atomic E-state index is 0.0110. The minimum atomic E-state index is -0.394. The van der Waals surface area contributed by atoms with Crippen LogP contribution in [0.1, 0.15) is 24.2 Å². The highest BCUT2D eigenvalue weighted by Gasteiger charge is 2.19. The molecule has 0 bridgehead atoms. The van der Waals surface area contributed by atoms with E-state index in [1.54, 1.807) is 37.0 Å². The lowest BCUT2D eigenvalue weighted by Gasteiger charge is -2.22. The molecule has 0 fully saturated rings. The fourth-order valence-electron chi connectivity index (χ4n) is 1.64. The fourth-order valence-corrected chi connectivity index (χ4v) is 2.26. The number of thioether (sulfide) groups is 1. The van der Waals surface area contributed by atoms with Crippen molar-refractivity contribution < 1.29 is 14.6 Å². The molecule has 0 unspecified atom stereocenters. The molecule has 0 aliphatic heterocycles. The average Bonchev–Trinajstić information content (AvgIpc) is 2.41. The first-order valence-corrected chi connectivity index (χ1v) is 7.45. The summed E-state index contributed by atoms with van der Waals surface area (Å²) in [6.45, 7) is 4.10. The zero-order valence-corrected chi connectivity index (χ0v) is 12.2. The lowest BCUT2D eigenvalue weighted by molar-refractivity contribution is 0.0527. The third-order valence-electron chi connectivity index (χ3n) is 2.71. The summed E-state index contributed by atoms with van der Waals surface area (Å²) < 4.78 is 4.99. The zero-order valence-electron chi connectivity index (χ0n) is 11.4. The van der Waals surface area contributed by atoms with E-state index in [4.69, 9.17) is 4.74 Å². The SMILES string of the molecule is CCOC(=O)c1cccnc1N[C@H](C)[C@H](CO)SC. The summed E-state index contributed by atoms with van der Waals surface area (Å²) in [6, 6.07) is 3.36. The molecule has 0 aliphatic carbocycles. The summed E-state index contributed by atoms with van der Waals surface area (Å²) in [4.78, 5) is 16.0. The molecule has 0 saturated carbocycles. The van der Waals surface area contributed by atoms with E-state index in [0.29, 0.717) is 18.0 Å². The van der Waals surface area contributed by atoms with Crippen LogP contribution in [0.5, 0.6) is 0 Å². The molecule has 6 heteroatoms. The van der Waals surface area contributed by atoms with Gasteiger partial charge in [0, 0.05) is 17.5 Å². The molecule has 5 nitrogen and oxygen atoms in total. The smallest absolute Gasteiger partial charge is 0.341 e. The van der Waals surface area contributed by atoms with E-state index in [0.717, 1.165) is 0 Å². The lowest BCUT2D eigenvalue weighted by Crippen LogP contribution is -2.32. The minimum Gasteiger partial charge on any atom is -0.462 e. The second kappa shape index (κ2) is 8.01. The number of ether oxygens (including phenoxy) is 1. The van der Waals surface area contributed by atoms with E-state index in [1.165, 1.54) is 0 Å². The molecule has 0 amide bonds. The number of rotatable bonds is 7. The van der Waals surface area contributed by atoms with Gasteiger partial charge >= 0.3 is 5.97 Å². The Morgan fingerprint density at radius 2 is 2.37 bits per heavy atom. The second-order valence-corrected chi connectivity index (χ2v) is 5.09. The molecule has 1 aromatic heterocycles. The first-order valence-electron chi connectivity index (χ1n) is 6.16. The predicted octanol–water partition coefficient (Wildman–Crippen LogP) is 1.78. The maximum absolute atomic E-state index is 11.8. The highest BCUT2D eigenvalue weighted by molar-refractivity contribution is 7.99. The van der Waals surface area contributed by atoms with E-state index in [9.17, 15) is 9.90 Å². The summed E-state index contributed by atoms with van der Waals surface area (Å²) in [6.07, 6.45) is 3.55. The second-order valence-electron chi connectivity index (χ2n) is 4.01. The maximum atomic E-state index is 11.8. The Balaban J connectivity index is 2.86. The van der Waals surface area contributed by atoms with Crippen molar-refractivity contribution in [2.45, 2.75) is 25.1 Å². The third kappa shape index (κ3) is 4.40. The fraction of sp³-hybridized carbons (Fsp3) is 0.538. The van der Waals surface area contributed by atoms with Crippen molar-refractivity contribution in [3.63, 3.8) is 0 Å². The van der Waals surface area contributed by atoms with Gasteiger partial charge in [-0.1, -0.05) is 0 Å². The van der Waals surface area contributed by atoms with Gasteiger partial charge in [0.25, 0.3) is 0 Å². The first-order chi connectivity index (χ1) is 9.13. The highest BCUT2D eigenvalue weighted by atomic mass is 32.2. The third-order valence-corrected chi connectivity index (χ3v) is 3.87. The monoisotopic (exact) mass is 284 g/mol. The van der Waals surface area contributed by atoms with E-state index < -0.39 is 5.97 Å². The molecule has 2 N–H and O–H groups in total. The van der Waals surface area contributed by atoms with Crippen molar-refractivity contribution in [2.75, 3.05) is 24.8 Å². The summed E-state index contributed by atoms with van der Waals surface area (Å²) >= 11 is 1.57.